The number of para-hydroxylation sites is 1. The molecule has 0 saturated carbocycles. The minimum absolute atomic E-state index is 0.120. The lowest BCUT2D eigenvalue weighted by Crippen LogP contribution is -2.24. The summed E-state index contributed by atoms with van der Waals surface area (Å²) in [6.07, 6.45) is 1.36. The summed E-state index contributed by atoms with van der Waals surface area (Å²) in [6, 6.07) is 9.95. The van der Waals surface area contributed by atoms with Crippen molar-refractivity contribution in [2.75, 3.05) is 6.61 Å². The number of benzene rings is 2. The molecule has 2 aromatic rings. The number of carbonyl (C=O) groups is 1. The molecule has 0 unspecified atom stereocenters. The lowest BCUT2D eigenvalue weighted by atomic mass is 10.1. The van der Waals surface area contributed by atoms with Gasteiger partial charge in [0.1, 0.15) is 11.5 Å². The summed E-state index contributed by atoms with van der Waals surface area (Å²) in [6.45, 7) is 1.52. The molecule has 2 aromatic carbocycles. The number of carbonyl (C=O) groups excluding carboxylic acids is 1. The first-order chi connectivity index (χ1) is 11.0. The molecule has 2 N–H and O–H groups in total. The van der Waals surface area contributed by atoms with Crippen LogP contribution in [0, 0.1) is 6.92 Å². The van der Waals surface area contributed by atoms with Crippen LogP contribution in [0.15, 0.2) is 41.5 Å². The Balaban J connectivity index is 1.87. The van der Waals surface area contributed by atoms with Gasteiger partial charge in [-0.05, 0) is 36.8 Å². The van der Waals surface area contributed by atoms with Crippen LogP contribution in [0.25, 0.3) is 0 Å². The molecule has 120 valence electrons. The van der Waals surface area contributed by atoms with E-state index in [9.17, 15) is 9.90 Å². The van der Waals surface area contributed by atoms with E-state index >= 15 is 0 Å². The van der Waals surface area contributed by atoms with Gasteiger partial charge in [-0.3, -0.25) is 4.79 Å². The highest BCUT2D eigenvalue weighted by Gasteiger charge is 2.06. The summed E-state index contributed by atoms with van der Waals surface area (Å²) in [4.78, 5) is 11.7. The Morgan fingerprint density at radius 2 is 2.13 bits per heavy atom. The van der Waals surface area contributed by atoms with Crippen LogP contribution in [0.5, 0.6) is 11.5 Å². The third-order valence-corrected chi connectivity index (χ3v) is 3.45. The van der Waals surface area contributed by atoms with Crippen molar-refractivity contribution in [3.63, 3.8) is 0 Å². The first-order valence-corrected chi connectivity index (χ1v) is 7.41. The van der Waals surface area contributed by atoms with Crippen molar-refractivity contribution in [1.82, 2.24) is 5.43 Å². The molecule has 0 bridgehead atoms. The van der Waals surface area contributed by atoms with Gasteiger partial charge in [0, 0.05) is 10.6 Å². The average molecular weight is 353 g/mol. The number of hydrazone groups is 1. The van der Waals surface area contributed by atoms with Gasteiger partial charge in [0.2, 0.25) is 0 Å². The molecule has 0 aliphatic carbocycles. The van der Waals surface area contributed by atoms with Gasteiger partial charge in [0.15, 0.2) is 6.61 Å². The number of nitrogens with zero attached hydrogens (tertiary/aromatic N) is 1. The Labute approximate surface area is 143 Å². The normalized spacial score (nSPS) is 10.7. The van der Waals surface area contributed by atoms with Gasteiger partial charge < -0.3 is 9.84 Å². The zero-order chi connectivity index (χ0) is 16.8. The average Bonchev–Trinajstić information content (AvgIpc) is 2.50. The molecular formula is C16H14Cl2N2O3. The molecule has 23 heavy (non-hydrogen) atoms. The van der Waals surface area contributed by atoms with E-state index in [1.165, 1.54) is 12.3 Å². The minimum Gasteiger partial charge on any atom is -0.507 e. The summed E-state index contributed by atoms with van der Waals surface area (Å²) >= 11 is 11.7. The largest absolute Gasteiger partial charge is 0.507 e. The number of phenols is 1. The fourth-order valence-corrected chi connectivity index (χ4v) is 2.19. The van der Waals surface area contributed by atoms with Gasteiger partial charge in [-0.2, -0.15) is 5.10 Å². The van der Waals surface area contributed by atoms with Gasteiger partial charge in [-0.1, -0.05) is 35.3 Å². The molecule has 0 atom stereocenters. The zero-order valence-electron chi connectivity index (χ0n) is 12.2. The first-order valence-electron chi connectivity index (χ1n) is 6.65. The number of rotatable bonds is 5. The van der Waals surface area contributed by atoms with Crippen molar-refractivity contribution in [2.45, 2.75) is 6.92 Å². The number of ether oxygens (including phenoxy) is 1. The molecule has 0 aromatic heterocycles. The molecule has 0 fully saturated rings. The summed E-state index contributed by atoms with van der Waals surface area (Å²) < 4.78 is 5.27. The Kier molecular flexibility index (Phi) is 5.84. The van der Waals surface area contributed by atoms with Gasteiger partial charge in [0.05, 0.1) is 11.2 Å². The van der Waals surface area contributed by atoms with Crippen LogP contribution >= 0.6 is 23.2 Å². The molecule has 0 aliphatic rings. The molecule has 0 heterocycles. The van der Waals surface area contributed by atoms with Crippen LogP contribution in [0.1, 0.15) is 11.1 Å². The fourth-order valence-electron chi connectivity index (χ4n) is 1.73. The van der Waals surface area contributed by atoms with Crippen LogP contribution in [-0.4, -0.2) is 23.8 Å². The standard InChI is InChI=1S/C16H14Cl2N2O3/c1-10-3-2-4-11(16(10)22)8-19-20-15(21)9-23-14-6-5-12(17)7-13(14)18/h2-8,22H,9H2,1H3,(H,20,21)/b19-8-. The predicted octanol–water partition coefficient (Wildman–Crippen LogP) is 3.54. The van der Waals surface area contributed by atoms with Crippen LogP contribution < -0.4 is 10.2 Å². The van der Waals surface area contributed by atoms with Crippen molar-refractivity contribution in [2.24, 2.45) is 5.10 Å². The number of amides is 1. The second kappa shape index (κ2) is 7.85. The van der Waals surface area contributed by atoms with E-state index < -0.39 is 5.91 Å². The highest BCUT2D eigenvalue weighted by Crippen LogP contribution is 2.27. The second-order valence-corrected chi connectivity index (χ2v) is 5.51. The number of nitrogens with one attached hydrogen (secondary N) is 1. The van der Waals surface area contributed by atoms with Gasteiger partial charge in [0.25, 0.3) is 5.91 Å². The molecular weight excluding hydrogens is 339 g/mol. The van der Waals surface area contributed by atoms with Gasteiger partial charge in [-0.25, -0.2) is 5.43 Å². The highest BCUT2D eigenvalue weighted by molar-refractivity contribution is 6.35. The summed E-state index contributed by atoms with van der Waals surface area (Å²) in [5.41, 5.74) is 3.53. The molecule has 0 spiro atoms. The van der Waals surface area contributed by atoms with Crippen molar-refractivity contribution in [3.8, 4) is 11.5 Å². The first kappa shape index (κ1) is 17.1. The number of halogens is 2. The fraction of sp³-hybridized carbons (Fsp3) is 0.125. The summed E-state index contributed by atoms with van der Waals surface area (Å²) in [5, 5.41) is 14.4. The topological polar surface area (TPSA) is 70.9 Å². The van der Waals surface area contributed by atoms with Crippen LogP contribution in [0.3, 0.4) is 0 Å². The number of hydrogen-bond acceptors (Lipinski definition) is 4. The van der Waals surface area contributed by atoms with E-state index in [2.05, 4.69) is 10.5 Å². The number of hydrogen-bond donors (Lipinski definition) is 2. The van der Waals surface area contributed by atoms with E-state index in [1.807, 2.05) is 0 Å². The highest BCUT2D eigenvalue weighted by atomic mass is 35.5. The molecule has 0 saturated heterocycles. The molecule has 7 heteroatoms. The Morgan fingerprint density at radius 3 is 2.87 bits per heavy atom. The number of aromatic hydroxyl groups is 1. The maximum absolute atomic E-state index is 11.7. The van der Waals surface area contributed by atoms with E-state index in [1.54, 1.807) is 37.3 Å². The van der Waals surface area contributed by atoms with Crippen molar-refractivity contribution >= 4 is 35.3 Å². The molecule has 2 rings (SSSR count). The maximum Gasteiger partial charge on any atom is 0.277 e. The van der Waals surface area contributed by atoms with E-state index in [0.29, 0.717) is 21.4 Å². The lowest BCUT2D eigenvalue weighted by Gasteiger charge is -2.07. The number of phenolic OH excluding ortho intramolecular Hbond substituents is 1. The second-order valence-electron chi connectivity index (χ2n) is 4.67. The summed E-state index contributed by atoms with van der Waals surface area (Å²) in [5.74, 6) is 0.0145. The Hall–Kier alpha value is -2.24. The summed E-state index contributed by atoms with van der Waals surface area (Å²) in [7, 11) is 0. The third-order valence-electron chi connectivity index (χ3n) is 2.91. The van der Waals surface area contributed by atoms with Crippen molar-refractivity contribution < 1.29 is 14.6 Å². The van der Waals surface area contributed by atoms with Gasteiger partial charge >= 0.3 is 0 Å². The number of aryl methyl sites for hydroxylation is 1. The van der Waals surface area contributed by atoms with Gasteiger partial charge in [-0.15, -0.1) is 0 Å². The molecule has 0 aliphatic heterocycles. The smallest absolute Gasteiger partial charge is 0.277 e. The quantitative estimate of drug-likeness (QED) is 0.638. The van der Waals surface area contributed by atoms with E-state index in [4.69, 9.17) is 27.9 Å². The lowest BCUT2D eigenvalue weighted by molar-refractivity contribution is -0.123. The third kappa shape index (κ3) is 4.87. The minimum atomic E-state index is -0.459. The SMILES string of the molecule is Cc1cccc(/C=N\NC(=O)COc2ccc(Cl)cc2Cl)c1O. The maximum atomic E-state index is 11.7. The zero-order valence-corrected chi connectivity index (χ0v) is 13.7. The van der Waals surface area contributed by atoms with Crippen molar-refractivity contribution in [1.29, 1.82) is 0 Å². The monoisotopic (exact) mass is 352 g/mol. The Bertz CT molecular complexity index is 748. The van der Waals surface area contributed by atoms with Crippen LogP contribution in [0.4, 0.5) is 0 Å². The van der Waals surface area contributed by atoms with Crippen molar-refractivity contribution in [3.05, 3.63) is 57.6 Å². The van der Waals surface area contributed by atoms with Crippen LogP contribution in [-0.2, 0) is 4.79 Å². The molecule has 1 amide bonds. The van der Waals surface area contributed by atoms with E-state index in [-0.39, 0.29) is 12.4 Å². The predicted molar refractivity (Wildman–Crippen MR) is 90.5 cm³/mol. The van der Waals surface area contributed by atoms with E-state index in [0.717, 1.165) is 5.56 Å². The molecule has 5 nitrogen and oxygen atoms in total. The molecule has 0 radical (unpaired) electrons. The van der Waals surface area contributed by atoms with Crippen LogP contribution in [0.2, 0.25) is 10.0 Å². The Morgan fingerprint density at radius 1 is 1.35 bits per heavy atom.